The van der Waals surface area contributed by atoms with E-state index in [0.717, 1.165) is 12.2 Å². The molecule has 1 aromatic rings. The summed E-state index contributed by atoms with van der Waals surface area (Å²) in [6, 6.07) is 0. The minimum atomic E-state index is 0.00723. The van der Waals surface area contributed by atoms with Gasteiger partial charge in [0.15, 0.2) is 0 Å². The Hall–Kier alpha value is -1.43. The fourth-order valence-electron chi connectivity index (χ4n) is 1.46. The Balaban J connectivity index is 1.75. The molecule has 1 aliphatic rings. The second-order valence-corrected chi connectivity index (χ2v) is 4.19. The standard InChI is InChI=1S/C10H17N5O/c1-11-5-9-6-15(14-13-9)7-10(16)12-4-8-2-3-8/h6,8,11H,2-5,7H2,1H3,(H,12,16). The number of hydrogen-bond acceptors (Lipinski definition) is 4. The molecule has 0 saturated heterocycles. The molecular formula is C10H17N5O. The summed E-state index contributed by atoms with van der Waals surface area (Å²) >= 11 is 0. The fourth-order valence-corrected chi connectivity index (χ4v) is 1.46. The molecule has 88 valence electrons. The van der Waals surface area contributed by atoms with Crippen LogP contribution in [0.5, 0.6) is 0 Å². The third-order valence-corrected chi connectivity index (χ3v) is 2.53. The summed E-state index contributed by atoms with van der Waals surface area (Å²) in [7, 11) is 1.85. The molecule has 0 aromatic carbocycles. The van der Waals surface area contributed by atoms with Crippen LogP contribution in [0, 0.1) is 5.92 Å². The molecule has 2 N–H and O–H groups in total. The first-order chi connectivity index (χ1) is 7.78. The molecular weight excluding hydrogens is 206 g/mol. The van der Waals surface area contributed by atoms with Gasteiger partial charge >= 0.3 is 0 Å². The summed E-state index contributed by atoms with van der Waals surface area (Å²) in [5.74, 6) is 0.715. The Morgan fingerprint density at radius 1 is 1.62 bits per heavy atom. The lowest BCUT2D eigenvalue weighted by Crippen LogP contribution is -2.29. The molecule has 0 bridgehead atoms. The van der Waals surface area contributed by atoms with Crippen LogP contribution in [-0.2, 0) is 17.9 Å². The van der Waals surface area contributed by atoms with Crippen LogP contribution >= 0.6 is 0 Å². The lowest BCUT2D eigenvalue weighted by molar-refractivity contribution is -0.121. The van der Waals surface area contributed by atoms with Crippen LogP contribution in [0.25, 0.3) is 0 Å². The van der Waals surface area contributed by atoms with Crippen LogP contribution in [-0.4, -0.2) is 34.5 Å². The van der Waals surface area contributed by atoms with Crippen molar-refractivity contribution in [2.45, 2.75) is 25.9 Å². The molecule has 1 saturated carbocycles. The molecule has 0 radical (unpaired) electrons. The zero-order valence-corrected chi connectivity index (χ0v) is 9.44. The molecule has 0 aliphatic heterocycles. The molecule has 0 spiro atoms. The molecule has 2 rings (SSSR count). The van der Waals surface area contributed by atoms with Gasteiger partial charge in [-0.25, -0.2) is 4.68 Å². The summed E-state index contributed by atoms with van der Waals surface area (Å²) in [6.07, 6.45) is 4.28. The Kier molecular flexibility index (Phi) is 3.51. The van der Waals surface area contributed by atoms with Gasteiger partial charge in [0.05, 0.1) is 11.9 Å². The average Bonchev–Trinajstić information content (AvgIpc) is 2.99. The maximum Gasteiger partial charge on any atom is 0.241 e. The maximum absolute atomic E-state index is 11.5. The molecule has 1 amide bonds. The Bertz CT molecular complexity index is 358. The Morgan fingerprint density at radius 3 is 3.12 bits per heavy atom. The van der Waals surface area contributed by atoms with Gasteiger partial charge in [-0.05, 0) is 25.8 Å². The number of nitrogens with one attached hydrogen (secondary N) is 2. The van der Waals surface area contributed by atoms with Crippen molar-refractivity contribution in [2.75, 3.05) is 13.6 Å². The van der Waals surface area contributed by atoms with Gasteiger partial charge in [0.1, 0.15) is 6.54 Å². The average molecular weight is 223 g/mol. The number of nitrogens with zero attached hydrogens (tertiary/aromatic N) is 3. The molecule has 0 atom stereocenters. The predicted octanol–water partition coefficient (Wildman–Crippen LogP) is -0.476. The van der Waals surface area contributed by atoms with Crippen molar-refractivity contribution in [3.05, 3.63) is 11.9 Å². The van der Waals surface area contributed by atoms with Gasteiger partial charge in [0.2, 0.25) is 5.91 Å². The van der Waals surface area contributed by atoms with Crippen molar-refractivity contribution in [3.63, 3.8) is 0 Å². The van der Waals surface area contributed by atoms with Gasteiger partial charge in [-0.3, -0.25) is 4.79 Å². The van der Waals surface area contributed by atoms with Crippen LogP contribution in [0.15, 0.2) is 6.20 Å². The Morgan fingerprint density at radius 2 is 2.44 bits per heavy atom. The quantitative estimate of drug-likeness (QED) is 0.683. The van der Waals surface area contributed by atoms with Gasteiger partial charge in [0.25, 0.3) is 0 Å². The van der Waals surface area contributed by atoms with Crippen LogP contribution in [0.3, 0.4) is 0 Å². The van der Waals surface area contributed by atoms with Gasteiger partial charge in [-0.15, -0.1) is 5.10 Å². The molecule has 16 heavy (non-hydrogen) atoms. The zero-order valence-electron chi connectivity index (χ0n) is 9.44. The van der Waals surface area contributed by atoms with E-state index in [-0.39, 0.29) is 12.5 Å². The van der Waals surface area contributed by atoms with E-state index in [1.54, 1.807) is 10.9 Å². The van der Waals surface area contributed by atoms with Crippen molar-refractivity contribution in [2.24, 2.45) is 5.92 Å². The third-order valence-electron chi connectivity index (χ3n) is 2.53. The molecule has 6 nitrogen and oxygen atoms in total. The van der Waals surface area contributed by atoms with Gasteiger partial charge in [-0.1, -0.05) is 5.21 Å². The highest BCUT2D eigenvalue weighted by atomic mass is 16.2. The molecule has 1 fully saturated rings. The number of carbonyl (C=O) groups excluding carboxylic acids is 1. The van der Waals surface area contributed by atoms with Crippen LogP contribution < -0.4 is 10.6 Å². The van der Waals surface area contributed by atoms with Crippen molar-refractivity contribution >= 4 is 5.91 Å². The second kappa shape index (κ2) is 5.07. The van der Waals surface area contributed by atoms with Gasteiger partial charge in [-0.2, -0.15) is 0 Å². The predicted molar refractivity (Wildman–Crippen MR) is 58.5 cm³/mol. The highest BCUT2D eigenvalue weighted by Gasteiger charge is 2.21. The minimum Gasteiger partial charge on any atom is -0.354 e. The topological polar surface area (TPSA) is 71.8 Å². The highest BCUT2D eigenvalue weighted by molar-refractivity contribution is 5.75. The maximum atomic E-state index is 11.5. The smallest absolute Gasteiger partial charge is 0.241 e. The molecule has 1 aromatic heterocycles. The monoisotopic (exact) mass is 223 g/mol. The van der Waals surface area contributed by atoms with E-state index in [0.29, 0.717) is 12.5 Å². The first-order valence-electron chi connectivity index (χ1n) is 5.58. The fraction of sp³-hybridized carbons (Fsp3) is 0.700. The highest BCUT2D eigenvalue weighted by Crippen LogP contribution is 2.27. The summed E-state index contributed by atoms with van der Waals surface area (Å²) in [5, 5.41) is 13.7. The van der Waals surface area contributed by atoms with Gasteiger partial charge in [0, 0.05) is 13.1 Å². The molecule has 0 unspecified atom stereocenters. The second-order valence-electron chi connectivity index (χ2n) is 4.19. The van der Waals surface area contributed by atoms with Crippen molar-refractivity contribution < 1.29 is 4.79 Å². The lowest BCUT2D eigenvalue weighted by atomic mass is 10.4. The van der Waals surface area contributed by atoms with E-state index >= 15 is 0 Å². The molecule has 1 heterocycles. The summed E-state index contributed by atoms with van der Waals surface area (Å²) in [6.45, 7) is 1.73. The minimum absolute atomic E-state index is 0.00723. The van der Waals surface area contributed by atoms with Gasteiger partial charge < -0.3 is 10.6 Å². The van der Waals surface area contributed by atoms with E-state index in [9.17, 15) is 4.79 Å². The SMILES string of the molecule is CNCc1cn(CC(=O)NCC2CC2)nn1. The normalized spacial score (nSPS) is 15.1. The number of amides is 1. The van der Waals surface area contributed by atoms with E-state index in [1.165, 1.54) is 12.8 Å². The number of carbonyl (C=O) groups is 1. The Labute approximate surface area is 94.4 Å². The van der Waals surface area contributed by atoms with E-state index in [2.05, 4.69) is 20.9 Å². The third kappa shape index (κ3) is 3.30. The number of aromatic nitrogens is 3. The van der Waals surface area contributed by atoms with Crippen molar-refractivity contribution in [1.29, 1.82) is 0 Å². The summed E-state index contributed by atoms with van der Waals surface area (Å²) < 4.78 is 1.56. The lowest BCUT2D eigenvalue weighted by Gasteiger charge is -2.02. The summed E-state index contributed by atoms with van der Waals surface area (Å²) in [4.78, 5) is 11.5. The van der Waals surface area contributed by atoms with Crippen LogP contribution in [0.1, 0.15) is 18.5 Å². The van der Waals surface area contributed by atoms with Crippen LogP contribution in [0.2, 0.25) is 0 Å². The first-order valence-corrected chi connectivity index (χ1v) is 5.58. The van der Waals surface area contributed by atoms with E-state index in [1.807, 2.05) is 7.05 Å². The molecule has 1 aliphatic carbocycles. The van der Waals surface area contributed by atoms with E-state index < -0.39 is 0 Å². The molecule has 6 heteroatoms. The zero-order chi connectivity index (χ0) is 11.4. The largest absolute Gasteiger partial charge is 0.354 e. The number of rotatable bonds is 6. The van der Waals surface area contributed by atoms with Crippen LogP contribution in [0.4, 0.5) is 0 Å². The first kappa shape index (κ1) is 11.1. The van der Waals surface area contributed by atoms with Crippen molar-refractivity contribution in [3.8, 4) is 0 Å². The summed E-state index contributed by atoms with van der Waals surface area (Å²) in [5.41, 5.74) is 0.845. The van der Waals surface area contributed by atoms with Crippen molar-refractivity contribution in [1.82, 2.24) is 25.6 Å². The number of hydrogen-bond donors (Lipinski definition) is 2. The van der Waals surface area contributed by atoms with E-state index in [4.69, 9.17) is 0 Å².